The predicted octanol–water partition coefficient (Wildman–Crippen LogP) is 2.64. The van der Waals surface area contributed by atoms with Crippen molar-refractivity contribution in [2.24, 2.45) is 0 Å². The lowest BCUT2D eigenvalue weighted by molar-refractivity contribution is -0.123. The number of thiazole rings is 1. The summed E-state index contributed by atoms with van der Waals surface area (Å²) in [6.45, 7) is 0.560. The molecule has 1 aliphatic carbocycles. The Labute approximate surface area is 162 Å². The molecule has 4 rings (SSSR count). The van der Waals surface area contributed by atoms with Gasteiger partial charge in [0.2, 0.25) is 5.91 Å². The Morgan fingerprint density at radius 2 is 2.11 bits per heavy atom. The van der Waals surface area contributed by atoms with Gasteiger partial charge < -0.3 is 15.4 Å². The van der Waals surface area contributed by atoms with E-state index in [1.165, 1.54) is 23.4 Å². The average molecular weight is 385 g/mol. The van der Waals surface area contributed by atoms with Crippen LogP contribution < -0.4 is 15.4 Å². The average Bonchev–Trinajstić information content (AvgIpc) is 3.09. The van der Waals surface area contributed by atoms with Crippen LogP contribution in [0.3, 0.4) is 0 Å². The maximum atomic E-state index is 12.0. The first kappa shape index (κ1) is 18.0. The molecule has 2 amide bonds. The Morgan fingerprint density at radius 1 is 1.22 bits per heavy atom. The molecule has 7 heteroatoms. The molecule has 142 valence electrons. The van der Waals surface area contributed by atoms with Crippen LogP contribution in [0.25, 0.3) is 0 Å². The van der Waals surface area contributed by atoms with E-state index in [0.29, 0.717) is 25.1 Å². The number of fused-ring (bicyclic) bond motifs is 2. The zero-order chi connectivity index (χ0) is 18.6. The number of hydrogen-bond acceptors (Lipinski definition) is 5. The fourth-order valence-electron chi connectivity index (χ4n) is 3.47. The summed E-state index contributed by atoms with van der Waals surface area (Å²) in [5, 5.41) is 6.84. The number of carbonyl (C=O) groups is 2. The number of anilines is 1. The van der Waals surface area contributed by atoms with Crippen molar-refractivity contribution >= 4 is 28.8 Å². The first-order chi connectivity index (χ1) is 13.2. The molecule has 0 saturated heterocycles. The third-order valence-electron chi connectivity index (χ3n) is 4.89. The molecule has 0 atom stereocenters. The van der Waals surface area contributed by atoms with Crippen molar-refractivity contribution in [2.75, 3.05) is 18.5 Å². The van der Waals surface area contributed by atoms with Crippen molar-refractivity contribution < 1.29 is 14.3 Å². The summed E-state index contributed by atoms with van der Waals surface area (Å²) in [4.78, 5) is 29.5. The highest BCUT2D eigenvalue weighted by molar-refractivity contribution is 7.11. The van der Waals surface area contributed by atoms with E-state index >= 15 is 0 Å². The van der Waals surface area contributed by atoms with E-state index in [9.17, 15) is 9.59 Å². The Kier molecular flexibility index (Phi) is 5.38. The summed E-state index contributed by atoms with van der Waals surface area (Å²) in [5.41, 5.74) is 3.13. The minimum Gasteiger partial charge on any atom is -0.484 e. The Bertz CT molecular complexity index is 839. The molecule has 0 radical (unpaired) electrons. The predicted molar refractivity (Wildman–Crippen MR) is 104 cm³/mol. The highest BCUT2D eigenvalue weighted by Crippen LogP contribution is 2.27. The number of carbonyl (C=O) groups excluding carboxylic acids is 2. The molecule has 1 aromatic heterocycles. The van der Waals surface area contributed by atoms with E-state index in [1.54, 1.807) is 17.4 Å². The summed E-state index contributed by atoms with van der Waals surface area (Å²) >= 11 is 1.79. The normalized spacial score (nSPS) is 15.5. The molecule has 2 heterocycles. The Hall–Kier alpha value is -2.41. The third kappa shape index (κ3) is 4.47. The van der Waals surface area contributed by atoms with Gasteiger partial charge in [-0.25, -0.2) is 4.98 Å². The lowest BCUT2D eigenvalue weighted by Crippen LogP contribution is -2.30. The van der Waals surface area contributed by atoms with Gasteiger partial charge in [0.05, 0.1) is 10.7 Å². The molecule has 27 heavy (non-hydrogen) atoms. The van der Waals surface area contributed by atoms with Gasteiger partial charge in [0.25, 0.3) is 5.91 Å². The molecule has 2 aliphatic rings. The van der Waals surface area contributed by atoms with Crippen LogP contribution in [0.2, 0.25) is 0 Å². The maximum Gasteiger partial charge on any atom is 0.257 e. The number of nitrogens with zero attached hydrogens (tertiary/aromatic N) is 1. The lowest BCUT2D eigenvalue weighted by Gasteiger charge is -2.17. The number of nitrogens with one attached hydrogen (secondary N) is 2. The van der Waals surface area contributed by atoms with Crippen molar-refractivity contribution in [2.45, 2.75) is 44.9 Å². The molecule has 0 saturated carbocycles. The van der Waals surface area contributed by atoms with Crippen molar-refractivity contribution in [3.63, 3.8) is 0 Å². The van der Waals surface area contributed by atoms with Crippen LogP contribution in [0, 0.1) is 0 Å². The van der Waals surface area contributed by atoms with Crippen LogP contribution in [0.4, 0.5) is 5.69 Å². The molecular formula is C20H23N3O3S. The monoisotopic (exact) mass is 385 g/mol. The number of aryl methyl sites for hydroxylation is 3. The van der Waals surface area contributed by atoms with Gasteiger partial charge in [-0.3, -0.25) is 9.59 Å². The number of amides is 2. The van der Waals surface area contributed by atoms with Crippen LogP contribution in [0.15, 0.2) is 18.2 Å². The van der Waals surface area contributed by atoms with Crippen molar-refractivity contribution in [3.05, 3.63) is 39.3 Å². The van der Waals surface area contributed by atoms with E-state index in [0.717, 1.165) is 35.5 Å². The molecule has 6 nitrogen and oxygen atoms in total. The number of aromatic nitrogens is 1. The quantitative estimate of drug-likeness (QED) is 0.801. The second-order valence-corrected chi connectivity index (χ2v) is 8.11. The summed E-state index contributed by atoms with van der Waals surface area (Å²) < 4.78 is 5.59. The van der Waals surface area contributed by atoms with Gasteiger partial charge in [0.1, 0.15) is 5.75 Å². The van der Waals surface area contributed by atoms with Crippen LogP contribution >= 0.6 is 11.3 Å². The van der Waals surface area contributed by atoms with Gasteiger partial charge in [-0.15, -0.1) is 11.3 Å². The first-order valence-corrected chi connectivity index (χ1v) is 10.3. The highest BCUT2D eigenvalue weighted by Gasteiger charge is 2.16. The number of benzene rings is 1. The number of hydrogen-bond donors (Lipinski definition) is 2. The zero-order valence-corrected chi connectivity index (χ0v) is 16.0. The van der Waals surface area contributed by atoms with Gasteiger partial charge in [-0.1, -0.05) is 0 Å². The van der Waals surface area contributed by atoms with Crippen LogP contribution in [0.1, 0.15) is 40.4 Å². The molecule has 0 spiro atoms. The van der Waals surface area contributed by atoms with Gasteiger partial charge in [0.15, 0.2) is 6.61 Å². The molecule has 0 bridgehead atoms. The topological polar surface area (TPSA) is 80.3 Å². The molecule has 0 fully saturated rings. The van der Waals surface area contributed by atoms with E-state index in [-0.39, 0.29) is 18.4 Å². The molecule has 2 aromatic rings. The molecule has 1 aliphatic heterocycles. The van der Waals surface area contributed by atoms with E-state index in [2.05, 4.69) is 10.6 Å². The highest BCUT2D eigenvalue weighted by atomic mass is 32.1. The second kappa shape index (κ2) is 8.08. The molecule has 1 aromatic carbocycles. The minimum atomic E-state index is -0.137. The third-order valence-corrected chi connectivity index (χ3v) is 6.11. The maximum absolute atomic E-state index is 12.0. The largest absolute Gasteiger partial charge is 0.484 e. The summed E-state index contributed by atoms with van der Waals surface area (Å²) in [5.74, 6) is 0.548. The molecular weight excluding hydrogens is 362 g/mol. The summed E-state index contributed by atoms with van der Waals surface area (Å²) in [6.07, 6.45) is 6.69. The number of ether oxygens (including phenoxy) is 1. The van der Waals surface area contributed by atoms with E-state index < -0.39 is 0 Å². The zero-order valence-electron chi connectivity index (χ0n) is 15.2. The Balaban J connectivity index is 1.22. The van der Waals surface area contributed by atoms with Gasteiger partial charge in [-0.05, 0) is 55.9 Å². The second-order valence-electron chi connectivity index (χ2n) is 6.94. The van der Waals surface area contributed by atoms with Crippen LogP contribution in [-0.2, 0) is 35.3 Å². The van der Waals surface area contributed by atoms with Gasteiger partial charge in [-0.2, -0.15) is 0 Å². The number of rotatable bonds is 6. The fraction of sp³-hybridized carbons (Fsp3) is 0.450. The summed E-state index contributed by atoms with van der Waals surface area (Å²) in [7, 11) is 0. The van der Waals surface area contributed by atoms with Gasteiger partial charge in [0, 0.05) is 30.0 Å². The molecule has 2 N–H and O–H groups in total. The van der Waals surface area contributed by atoms with Crippen LogP contribution in [0.5, 0.6) is 5.75 Å². The Morgan fingerprint density at radius 3 is 3.00 bits per heavy atom. The van der Waals surface area contributed by atoms with Crippen molar-refractivity contribution in [1.82, 2.24) is 10.3 Å². The fourth-order valence-corrected chi connectivity index (χ4v) is 4.63. The van der Waals surface area contributed by atoms with Crippen molar-refractivity contribution in [3.8, 4) is 5.75 Å². The SMILES string of the molecule is O=C(COc1ccc2c(c1)CCC(=O)N2)NCCc1nc2c(s1)CCCC2. The van der Waals surface area contributed by atoms with E-state index in [4.69, 9.17) is 9.72 Å². The first-order valence-electron chi connectivity index (χ1n) is 9.47. The minimum absolute atomic E-state index is 0.0144. The molecule has 0 unspecified atom stereocenters. The van der Waals surface area contributed by atoms with E-state index in [1.807, 2.05) is 12.1 Å². The standard InChI is InChI=1S/C20H23N3O3S/c24-18-8-5-13-11-14(6-7-15(13)22-18)26-12-19(25)21-10-9-20-23-16-3-1-2-4-17(16)27-20/h6-7,11H,1-5,8-10,12H2,(H,21,25)(H,22,24). The summed E-state index contributed by atoms with van der Waals surface area (Å²) in [6, 6.07) is 5.49. The lowest BCUT2D eigenvalue weighted by atomic mass is 10.0. The smallest absolute Gasteiger partial charge is 0.257 e. The van der Waals surface area contributed by atoms with Gasteiger partial charge >= 0.3 is 0 Å². The van der Waals surface area contributed by atoms with Crippen LogP contribution in [-0.4, -0.2) is 29.9 Å². The van der Waals surface area contributed by atoms with Crippen molar-refractivity contribution in [1.29, 1.82) is 0 Å².